The van der Waals surface area contributed by atoms with Gasteiger partial charge >= 0.3 is 7.12 Å². The normalized spacial score (nSPS) is 20.5. The number of aromatic nitrogens is 1. The summed E-state index contributed by atoms with van der Waals surface area (Å²) in [5.74, 6) is 0.0298. The van der Waals surface area contributed by atoms with Gasteiger partial charge in [-0.25, -0.2) is 4.98 Å². The van der Waals surface area contributed by atoms with Crippen molar-refractivity contribution >= 4 is 35.5 Å². The van der Waals surface area contributed by atoms with E-state index >= 15 is 0 Å². The molecule has 1 aromatic carbocycles. The number of carbonyl (C=O) groups is 1. The van der Waals surface area contributed by atoms with Crippen LogP contribution in [0.4, 0.5) is 5.69 Å². The second-order valence-electron chi connectivity index (χ2n) is 10.0. The molecule has 5 nitrogen and oxygen atoms in total. The van der Waals surface area contributed by atoms with Gasteiger partial charge in [-0.15, -0.1) is 11.3 Å². The molecule has 29 heavy (non-hydrogen) atoms. The van der Waals surface area contributed by atoms with Crippen LogP contribution in [0, 0.1) is 6.92 Å². The molecule has 0 atom stereocenters. The summed E-state index contributed by atoms with van der Waals surface area (Å²) >= 11 is 1.52. The SMILES string of the molecule is Cc1c(B2OC(C)(C)C(C)(C)O2)cccc1N1Cc2nc(C(C)(C)C)sc2C1=O. The zero-order valence-corrected chi connectivity index (χ0v) is 19.4. The molecule has 2 aromatic rings. The molecule has 0 bridgehead atoms. The Hall–Kier alpha value is -1.70. The summed E-state index contributed by atoms with van der Waals surface area (Å²) in [5, 5.41) is 1.01. The minimum Gasteiger partial charge on any atom is -0.399 e. The van der Waals surface area contributed by atoms with E-state index in [1.807, 2.05) is 57.7 Å². The molecule has 0 saturated carbocycles. The fourth-order valence-corrected chi connectivity index (χ4v) is 4.72. The number of anilines is 1. The molecule has 0 spiro atoms. The molecule has 1 aromatic heterocycles. The van der Waals surface area contributed by atoms with Crippen LogP contribution in [0.25, 0.3) is 0 Å². The minimum atomic E-state index is -0.447. The first-order valence-electron chi connectivity index (χ1n) is 10.1. The highest BCUT2D eigenvalue weighted by molar-refractivity contribution is 7.14. The quantitative estimate of drug-likeness (QED) is 0.694. The van der Waals surface area contributed by atoms with Crippen molar-refractivity contribution in [1.82, 2.24) is 4.98 Å². The summed E-state index contributed by atoms with van der Waals surface area (Å²) in [6.07, 6.45) is 0. The zero-order chi connectivity index (χ0) is 21.4. The lowest BCUT2D eigenvalue weighted by molar-refractivity contribution is 0.00578. The summed E-state index contributed by atoms with van der Waals surface area (Å²) in [4.78, 5) is 20.5. The maximum Gasteiger partial charge on any atom is 0.495 e. The van der Waals surface area contributed by atoms with E-state index in [4.69, 9.17) is 14.3 Å². The fourth-order valence-electron chi connectivity index (χ4n) is 3.64. The molecule has 1 saturated heterocycles. The van der Waals surface area contributed by atoms with Crippen molar-refractivity contribution in [1.29, 1.82) is 0 Å². The van der Waals surface area contributed by atoms with E-state index < -0.39 is 18.3 Å². The maximum atomic E-state index is 13.2. The summed E-state index contributed by atoms with van der Waals surface area (Å²) in [6.45, 7) is 17.1. The van der Waals surface area contributed by atoms with E-state index in [2.05, 4.69) is 20.8 Å². The van der Waals surface area contributed by atoms with E-state index in [0.29, 0.717) is 6.54 Å². The number of rotatable bonds is 2. The average molecular weight is 412 g/mol. The van der Waals surface area contributed by atoms with E-state index in [1.54, 1.807) is 0 Å². The number of thiazole rings is 1. The summed E-state index contributed by atoms with van der Waals surface area (Å²) in [5.41, 5.74) is 2.89. The Bertz CT molecular complexity index is 974. The van der Waals surface area contributed by atoms with Crippen LogP contribution < -0.4 is 10.4 Å². The van der Waals surface area contributed by atoms with Gasteiger partial charge in [0, 0.05) is 11.1 Å². The highest BCUT2D eigenvalue weighted by Gasteiger charge is 2.52. The Morgan fingerprint density at radius 1 is 1.14 bits per heavy atom. The predicted octanol–water partition coefficient (Wildman–Crippen LogP) is 4.21. The van der Waals surface area contributed by atoms with Gasteiger partial charge in [-0.1, -0.05) is 32.9 Å². The van der Waals surface area contributed by atoms with Crippen molar-refractivity contribution in [2.75, 3.05) is 4.90 Å². The van der Waals surface area contributed by atoms with Crippen molar-refractivity contribution in [3.8, 4) is 0 Å². The summed E-state index contributed by atoms with van der Waals surface area (Å²) in [7, 11) is -0.447. The number of hydrogen-bond donors (Lipinski definition) is 0. The van der Waals surface area contributed by atoms with Crippen LogP contribution in [0.3, 0.4) is 0 Å². The molecule has 0 N–H and O–H groups in total. The minimum absolute atomic E-state index is 0.0298. The van der Waals surface area contributed by atoms with Crippen molar-refractivity contribution in [2.24, 2.45) is 0 Å². The van der Waals surface area contributed by atoms with Crippen LogP contribution in [-0.4, -0.2) is 29.2 Å². The number of hydrogen-bond acceptors (Lipinski definition) is 5. The Kier molecular flexibility index (Phi) is 4.54. The van der Waals surface area contributed by atoms with Gasteiger partial charge < -0.3 is 14.2 Å². The predicted molar refractivity (Wildman–Crippen MR) is 118 cm³/mol. The van der Waals surface area contributed by atoms with Gasteiger partial charge in [0.15, 0.2) is 0 Å². The number of carbonyl (C=O) groups excluding carboxylic acids is 1. The van der Waals surface area contributed by atoms with Crippen LogP contribution in [0.1, 0.15) is 74.4 Å². The Morgan fingerprint density at radius 3 is 2.31 bits per heavy atom. The molecule has 7 heteroatoms. The third kappa shape index (κ3) is 3.24. The second kappa shape index (κ2) is 6.40. The van der Waals surface area contributed by atoms with Gasteiger partial charge in [-0.2, -0.15) is 0 Å². The van der Waals surface area contributed by atoms with E-state index in [-0.39, 0.29) is 11.3 Å². The monoisotopic (exact) mass is 412 g/mol. The van der Waals surface area contributed by atoms with Crippen LogP contribution in [0.5, 0.6) is 0 Å². The first-order chi connectivity index (χ1) is 13.3. The molecule has 3 heterocycles. The smallest absolute Gasteiger partial charge is 0.399 e. The summed E-state index contributed by atoms with van der Waals surface area (Å²) in [6, 6.07) is 5.98. The number of nitrogens with zero attached hydrogens (tertiary/aromatic N) is 2. The lowest BCUT2D eigenvalue weighted by Gasteiger charge is -2.32. The number of benzene rings is 1. The highest BCUT2D eigenvalue weighted by Crippen LogP contribution is 2.39. The molecular weight excluding hydrogens is 383 g/mol. The van der Waals surface area contributed by atoms with E-state index in [9.17, 15) is 4.79 Å². The van der Waals surface area contributed by atoms with Gasteiger partial charge in [-0.05, 0) is 51.7 Å². The zero-order valence-electron chi connectivity index (χ0n) is 18.5. The average Bonchev–Trinajstić information content (AvgIpc) is 3.19. The van der Waals surface area contributed by atoms with Crippen molar-refractivity contribution in [3.63, 3.8) is 0 Å². The van der Waals surface area contributed by atoms with Gasteiger partial charge in [0.25, 0.3) is 5.91 Å². The standard InChI is InChI=1S/C22H29BN2O3S/c1-13-14(23-27-21(5,6)22(7,8)28-23)10-9-11-16(13)25-12-15-17(18(25)26)29-19(24-15)20(2,3)4/h9-11H,12H2,1-8H3. The van der Waals surface area contributed by atoms with Crippen molar-refractivity contribution < 1.29 is 14.1 Å². The first kappa shape index (κ1) is 20.6. The largest absolute Gasteiger partial charge is 0.495 e. The lowest BCUT2D eigenvalue weighted by atomic mass is 9.75. The van der Waals surface area contributed by atoms with Crippen LogP contribution in [-0.2, 0) is 21.3 Å². The van der Waals surface area contributed by atoms with Gasteiger partial charge in [-0.3, -0.25) is 4.79 Å². The number of fused-ring (bicyclic) bond motifs is 1. The second-order valence-corrected chi connectivity index (χ2v) is 11.0. The molecule has 0 aliphatic carbocycles. The van der Waals surface area contributed by atoms with Crippen molar-refractivity contribution in [3.05, 3.63) is 39.3 Å². The Morgan fingerprint density at radius 2 is 1.76 bits per heavy atom. The molecule has 1 amide bonds. The lowest BCUT2D eigenvalue weighted by Crippen LogP contribution is -2.41. The van der Waals surface area contributed by atoms with Gasteiger partial charge in [0.05, 0.1) is 28.4 Å². The van der Waals surface area contributed by atoms with Crippen LogP contribution >= 0.6 is 11.3 Å². The topological polar surface area (TPSA) is 51.7 Å². The third-order valence-electron chi connectivity index (χ3n) is 6.23. The molecule has 0 unspecified atom stereocenters. The van der Waals surface area contributed by atoms with E-state index in [0.717, 1.165) is 32.3 Å². The molecule has 4 rings (SSSR count). The van der Waals surface area contributed by atoms with Crippen molar-refractivity contribution in [2.45, 2.75) is 78.6 Å². The highest BCUT2D eigenvalue weighted by atomic mass is 32.1. The third-order valence-corrected chi connectivity index (χ3v) is 7.74. The van der Waals surface area contributed by atoms with Crippen LogP contribution in [0.2, 0.25) is 0 Å². The molecule has 154 valence electrons. The molecule has 2 aliphatic rings. The summed E-state index contributed by atoms with van der Waals surface area (Å²) < 4.78 is 12.5. The van der Waals surface area contributed by atoms with Gasteiger partial charge in [0.2, 0.25) is 0 Å². The number of amides is 1. The Balaban J connectivity index is 1.65. The fraction of sp³-hybridized carbons (Fsp3) is 0.545. The molecular formula is C22H29BN2O3S. The molecule has 2 aliphatic heterocycles. The molecule has 1 fully saturated rings. The first-order valence-corrected chi connectivity index (χ1v) is 10.9. The van der Waals surface area contributed by atoms with E-state index in [1.165, 1.54) is 11.3 Å². The molecule has 0 radical (unpaired) electrons. The Labute approximate surface area is 177 Å². The maximum absolute atomic E-state index is 13.2. The van der Waals surface area contributed by atoms with Crippen LogP contribution in [0.15, 0.2) is 18.2 Å². The van der Waals surface area contributed by atoms with Gasteiger partial charge in [0.1, 0.15) is 4.88 Å².